The zero-order chi connectivity index (χ0) is 14.5. The average Bonchev–Trinajstić information content (AvgIpc) is 2.41. The first-order chi connectivity index (χ1) is 9.54. The van der Waals surface area contributed by atoms with Crippen LogP contribution in [0.15, 0.2) is 42.5 Å². The van der Waals surface area contributed by atoms with E-state index >= 15 is 0 Å². The molecule has 2 N–H and O–H groups in total. The molecular weight excluding hydrogens is 302 g/mol. The van der Waals surface area contributed by atoms with Crippen molar-refractivity contribution in [3.63, 3.8) is 0 Å². The van der Waals surface area contributed by atoms with Crippen molar-refractivity contribution in [3.8, 4) is 0 Å². The van der Waals surface area contributed by atoms with Crippen molar-refractivity contribution in [2.75, 3.05) is 17.2 Å². The SMILES string of the molecule is O=C(CNc1cccc(F)c1)Nc1ccc(Cl)c(Cl)c1. The molecule has 0 fully saturated rings. The Bertz CT molecular complexity index is 634. The van der Waals surface area contributed by atoms with Crippen LogP contribution in [-0.4, -0.2) is 12.5 Å². The van der Waals surface area contributed by atoms with E-state index in [1.165, 1.54) is 12.1 Å². The highest BCUT2D eigenvalue weighted by Gasteiger charge is 2.05. The van der Waals surface area contributed by atoms with Crippen molar-refractivity contribution in [1.29, 1.82) is 0 Å². The molecule has 0 radical (unpaired) electrons. The van der Waals surface area contributed by atoms with Gasteiger partial charge in [0.05, 0.1) is 16.6 Å². The molecule has 104 valence electrons. The molecule has 0 saturated heterocycles. The highest BCUT2D eigenvalue weighted by molar-refractivity contribution is 6.42. The zero-order valence-corrected chi connectivity index (χ0v) is 11.8. The first kappa shape index (κ1) is 14.6. The van der Waals surface area contributed by atoms with E-state index in [0.29, 0.717) is 21.4 Å². The van der Waals surface area contributed by atoms with Gasteiger partial charge in [-0.1, -0.05) is 29.3 Å². The zero-order valence-electron chi connectivity index (χ0n) is 10.3. The van der Waals surface area contributed by atoms with E-state index in [1.54, 1.807) is 30.3 Å². The monoisotopic (exact) mass is 312 g/mol. The fourth-order valence-corrected chi connectivity index (χ4v) is 1.86. The van der Waals surface area contributed by atoms with E-state index in [2.05, 4.69) is 10.6 Å². The summed E-state index contributed by atoms with van der Waals surface area (Å²) in [4.78, 5) is 11.7. The minimum absolute atomic E-state index is 0.0176. The number of hydrogen-bond acceptors (Lipinski definition) is 2. The van der Waals surface area contributed by atoms with E-state index < -0.39 is 0 Å². The first-order valence-corrected chi connectivity index (χ1v) is 6.54. The third-order valence-corrected chi connectivity index (χ3v) is 3.22. The number of hydrogen-bond donors (Lipinski definition) is 2. The number of nitrogens with one attached hydrogen (secondary N) is 2. The lowest BCUT2D eigenvalue weighted by atomic mass is 10.3. The van der Waals surface area contributed by atoms with Crippen molar-refractivity contribution in [2.45, 2.75) is 0 Å². The van der Waals surface area contributed by atoms with Gasteiger partial charge in [-0.2, -0.15) is 0 Å². The van der Waals surface area contributed by atoms with Crippen molar-refractivity contribution in [3.05, 3.63) is 58.3 Å². The smallest absolute Gasteiger partial charge is 0.243 e. The summed E-state index contributed by atoms with van der Waals surface area (Å²) < 4.78 is 13.0. The maximum absolute atomic E-state index is 13.0. The molecule has 2 aromatic carbocycles. The van der Waals surface area contributed by atoms with Gasteiger partial charge in [0.2, 0.25) is 5.91 Å². The van der Waals surface area contributed by atoms with Gasteiger partial charge in [-0.25, -0.2) is 4.39 Å². The summed E-state index contributed by atoms with van der Waals surface area (Å²) in [5, 5.41) is 6.26. The third kappa shape index (κ3) is 4.11. The molecule has 3 nitrogen and oxygen atoms in total. The van der Waals surface area contributed by atoms with Gasteiger partial charge in [0, 0.05) is 11.4 Å². The molecule has 2 aromatic rings. The van der Waals surface area contributed by atoms with Crippen LogP contribution in [0.25, 0.3) is 0 Å². The Kier molecular flexibility index (Phi) is 4.82. The molecule has 0 aliphatic heterocycles. The number of anilines is 2. The second kappa shape index (κ2) is 6.59. The molecule has 0 heterocycles. The van der Waals surface area contributed by atoms with Gasteiger partial charge in [-0.15, -0.1) is 0 Å². The van der Waals surface area contributed by atoms with E-state index in [9.17, 15) is 9.18 Å². The van der Waals surface area contributed by atoms with Crippen LogP contribution in [0.4, 0.5) is 15.8 Å². The highest BCUT2D eigenvalue weighted by atomic mass is 35.5. The minimum Gasteiger partial charge on any atom is -0.376 e. The molecule has 0 saturated carbocycles. The van der Waals surface area contributed by atoms with Gasteiger partial charge in [-0.05, 0) is 36.4 Å². The fraction of sp³-hybridized carbons (Fsp3) is 0.0714. The second-order valence-corrected chi connectivity index (χ2v) is 4.86. The molecule has 0 atom stereocenters. The fourth-order valence-electron chi connectivity index (χ4n) is 1.56. The summed E-state index contributed by atoms with van der Waals surface area (Å²) in [5.41, 5.74) is 1.08. The molecule has 0 unspecified atom stereocenters. The Labute approximate surface area is 125 Å². The van der Waals surface area contributed by atoms with Crippen molar-refractivity contribution in [2.24, 2.45) is 0 Å². The Morgan fingerprint density at radius 1 is 1.05 bits per heavy atom. The minimum atomic E-state index is -0.361. The number of rotatable bonds is 4. The highest BCUT2D eigenvalue weighted by Crippen LogP contribution is 2.24. The molecule has 0 aromatic heterocycles. The van der Waals surface area contributed by atoms with Gasteiger partial charge in [0.15, 0.2) is 0 Å². The predicted molar refractivity (Wildman–Crippen MR) is 80.0 cm³/mol. The van der Waals surface area contributed by atoms with Crippen LogP contribution < -0.4 is 10.6 Å². The summed E-state index contributed by atoms with van der Waals surface area (Å²) in [5.74, 6) is -0.632. The first-order valence-electron chi connectivity index (χ1n) is 5.79. The van der Waals surface area contributed by atoms with Crippen LogP contribution in [0.3, 0.4) is 0 Å². The Balaban J connectivity index is 1.91. The largest absolute Gasteiger partial charge is 0.376 e. The lowest BCUT2D eigenvalue weighted by Crippen LogP contribution is -2.21. The van der Waals surface area contributed by atoms with Crippen molar-refractivity contribution >= 4 is 40.5 Å². The standard InChI is InChI=1S/C14H11Cl2FN2O/c15-12-5-4-11(7-13(12)16)19-14(20)8-18-10-3-1-2-9(17)6-10/h1-7,18H,8H2,(H,19,20). The molecular formula is C14H11Cl2FN2O. The number of halogens is 3. The van der Waals surface area contributed by atoms with Crippen LogP contribution in [0, 0.1) is 5.82 Å². The van der Waals surface area contributed by atoms with Crippen LogP contribution in [0.1, 0.15) is 0 Å². The number of amides is 1. The van der Waals surface area contributed by atoms with E-state index in [0.717, 1.165) is 0 Å². The van der Waals surface area contributed by atoms with Crippen LogP contribution in [0.2, 0.25) is 10.0 Å². The maximum Gasteiger partial charge on any atom is 0.243 e. The summed E-state index contributed by atoms with van der Waals surface area (Å²) in [7, 11) is 0. The summed E-state index contributed by atoms with van der Waals surface area (Å²) >= 11 is 11.6. The molecule has 0 aliphatic carbocycles. The Morgan fingerprint density at radius 3 is 2.55 bits per heavy atom. The van der Waals surface area contributed by atoms with E-state index in [4.69, 9.17) is 23.2 Å². The quantitative estimate of drug-likeness (QED) is 0.889. The predicted octanol–water partition coefficient (Wildman–Crippen LogP) is 4.18. The van der Waals surface area contributed by atoms with Gasteiger partial charge in [-0.3, -0.25) is 4.79 Å². The molecule has 6 heteroatoms. The summed E-state index contributed by atoms with van der Waals surface area (Å²) in [6, 6.07) is 10.7. The molecule has 0 bridgehead atoms. The number of benzene rings is 2. The number of carbonyl (C=O) groups excluding carboxylic acids is 1. The molecule has 0 spiro atoms. The maximum atomic E-state index is 13.0. The Hall–Kier alpha value is -1.78. The average molecular weight is 313 g/mol. The molecule has 2 rings (SSSR count). The normalized spacial score (nSPS) is 10.2. The van der Waals surface area contributed by atoms with Gasteiger partial charge >= 0.3 is 0 Å². The topological polar surface area (TPSA) is 41.1 Å². The lowest BCUT2D eigenvalue weighted by Gasteiger charge is -2.08. The third-order valence-electron chi connectivity index (χ3n) is 2.48. The van der Waals surface area contributed by atoms with Crippen LogP contribution in [0.5, 0.6) is 0 Å². The number of carbonyl (C=O) groups is 1. The van der Waals surface area contributed by atoms with E-state index in [-0.39, 0.29) is 18.3 Å². The van der Waals surface area contributed by atoms with Crippen LogP contribution >= 0.6 is 23.2 Å². The summed E-state index contributed by atoms with van der Waals surface area (Å²) in [6.07, 6.45) is 0. The van der Waals surface area contributed by atoms with Crippen molar-refractivity contribution < 1.29 is 9.18 Å². The van der Waals surface area contributed by atoms with Crippen LogP contribution in [-0.2, 0) is 4.79 Å². The summed E-state index contributed by atoms with van der Waals surface area (Å²) in [6.45, 7) is 0.0176. The Morgan fingerprint density at radius 2 is 1.85 bits per heavy atom. The lowest BCUT2D eigenvalue weighted by molar-refractivity contribution is -0.114. The van der Waals surface area contributed by atoms with Gasteiger partial charge in [0.25, 0.3) is 0 Å². The molecule has 1 amide bonds. The second-order valence-electron chi connectivity index (χ2n) is 4.04. The molecule has 20 heavy (non-hydrogen) atoms. The van der Waals surface area contributed by atoms with E-state index in [1.807, 2.05) is 0 Å². The van der Waals surface area contributed by atoms with Crippen molar-refractivity contribution in [1.82, 2.24) is 0 Å². The van der Waals surface area contributed by atoms with Gasteiger partial charge < -0.3 is 10.6 Å². The molecule has 0 aliphatic rings. The van der Waals surface area contributed by atoms with Gasteiger partial charge in [0.1, 0.15) is 5.82 Å².